The summed E-state index contributed by atoms with van der Waals surface area (Å²) in [5, 5.41) is 9.30. The van der Waals surface area contributed by atoms with E-state index in [1.807, 2.05) is 0 Å². The maximum absolute atomic E-state index is 10.7. The van der Waals surface area contributed by atoms with E-state index in [0.717, 1.165) is 5.69 Å². The van der Waals surface area contributed by atoms with Crippen LogP contribution in [0.15, 0.2) is 12.1 Å². The molecule has 0 radical (unpaired) electrons. The molecule has 1 N–H and O–H groups in total. The molecule has 0 aliphatic carbocycles. The Morgan fingerprint density at radius 2 is 2.29 bits per heavy atom. The Kier molecular flexibility index (Phi) is 3.08. The first kappa shape index (κ1) is 10.1. The molecule has 0 aliphatic heterocycles. The maximum Gasteiger partial charge on any atom is 0.384 e. The van der Waals surface area contributed by atoms with Crippen molar-refractivity contribution >= 4 is 5.97 Å². The molecule has 0 atom stereocenters. The highest BCUT2D eigenvalue weighted by Crippen LogP contribution is 2.12. The molecule has 0 fully saturated rings. The van der Waals surface area contributed by atoms with Crippen LogP contribution < -0.4 is 0 Å². The van der Waals surface area contributed by atoms with Crippen molar-refractivity contribution in [3.05, 3.63) is 23.5 Å². The van der Waals surface area contributed by atoms with Gasteiger partial charge in [0.1, 0.15) is 5.75 Å². The van der Waals surface area contributed by atoms with E-state index in [1.54, 1.807) is 13.0 Å². The molecule has 0 amide bonds. The van der Waals surface area contributed by atoms with Crippen molar-refractivity contribution in [3.63, 3.8) is 0 Å². The Labute approximate surface area is 81.5 Å². The van der Waals surface area contributed by atoms with Crippen LogP contribution in [0.5, 0.6) is 5.75 Å². The van der Waals surface area contributed by atoms with Crippen LogP contribution in [0.1, 0.15) is 11.4 Å². The van der Waals surface area contributed by atoms with Gasteiger partial charge in [0.15, 0.2) is 5.69 Å². The smallest absolute Gasteiger partial charge is 0.384 e. The Morgan fingerprint density at radius 3 is 2.93 bits per heavy atom. The van der Waals surface area contributed by atoms with E-state index in [-0.39, 0.29) is 11.4 Å². The van der Waals surface area contributed by atoms with Crippen molar-refractivity contribution in [1.29, 1.82) is 0 Å². The molecule has 0 aliphatic rings. The Balaban J connectivity index is 3.00. The summed E-state index contributed by atoms with van der Waals surface area (Å²) in [5.74, 6) is 3.89. The second-order valence-corrected chi connectivity index (χ2v) is 2.56. The summed E-state index contributed by atoms with van der Waals surface area (Å²) < 4.78 is 4.32. The quantitative estimate of drug-likeness (QED) is 0.482. The third kappa shape index (κ3) is 2.49. The molecule has 0 saturated heterocycles. The van der Waals surface area contributed by atoms with Gasteiger partial charge in [0.2, 0.25) is 0 Å². The highest BCUT2D eigenvalue weighted by molar-refractivity contribution is 5.89. The molecule has 1 rings (SSSR count). The van der Waals surface area contributed by atoms with Gasteiger partial charge in [0, 0.05) is 11.6 Å². The average Bonchev–Trinajstić information content (AvgIpc) is 2.19. The van der Waals surface area contributed by atoms with E-state index in [4.69, 9.17) is 0 Å². The minimum Gasteiger partial charge on any atom is -0.505 e. The summed E-state index contributed by atoms with van der Waals surface area (Å²) in [4.78, 5) is 14.6. The molecular formula is C10H9NO3. The van der Waals surface area contributed by atoms with Gasteiger partial charge < -0.3 is 9.84 Å². The number of esters is 1. The zero-order chi connectivity index (χ0) is 10.6. The van der Waals surface area contributed by atoms with Crippen LogP contribution in [0, 0.1) is 18.8 Å². The van der Waals surface area contributed by atoms with E-state index in [0.29, 0.717) is 0 Å². The van der Waals surface area contributed by atoms with Gasteiger partial charge in [0.25, 0.3) is 0 Å². The first-order valence-corrected chi connectivity index (χ1v) is 3.90. The summed E-state index contributed by atoms with van der Waals surface area (Å²) in [6.45, 7) is 1.77. The number of pyridine rings is 1. The van der Waals surface area contributed by atoms with Gasteiger partial charge in [-0.25, -0.2) is 9.78 Å². The molecule has 1 aromatic rings. The molecule has 4 nitrogen and oxygen atoms in total. The highest BCUT2D eigenvalue weighted by atomic mass is 16.5. The van der Waals surface area contributed by atoms with E-state index >= 15 is 0 Å². The fourth-order valence-corrected chi connectivity index (χ4v) is 0.803. The van der Waals surface area contributed by atoms with Gasteiger partial charge in [-0.15, -0.1) is 0 Å². The van der Waals surface area contributed by atoms with Gasteiger partial charge in [-0.2, -0.15) is 0 Å². The van der Waals surface area contributed by atoms with E-state index < -0.39 is 5.97 Å². The Hall–Kier alpha value is -2.02. The first-order chi connectivity index (χ1) is 6.63. The fraction of sp³-hybridized carbons (Fsp3) is 0.200. The van der Waals surface area contributed by atoms with Crippen LogP contribution in [0.25, 0.3) is 0 Å². The lowest BCUT2D eigenvalue weighted by molar-refractivity contribution is -0.133. The number of carbonyl (C=O) groups is 1. The van der Waals surface area contributed by atoms with Crippen molar-refractivity contribution in [1.82, 2.24) is 4.98 Å². The van der Waals surface area contributed by atoms with Crippen LogP contribution in [0.3, 0.4) is 0 Å². The minimum atomic E-state index is -0.660. The molecule has 0 saturated carbocycles. The number of hydrogen-bond acceptors (Lipinski definition) is 4. The van der Waals surface area contributed by atoms with Gasteiger partial charge >= 0.3 is 5.97 Å². The molecule has 14 heavy (non-hydrogen) atoms. The number of aryl methyl sites for hydroxylation is 1. The van der Waals surface area contributed by atoms with E-state index in [9.17, 15) is 9.90 Å². The number of nitrogens with zero attached hydrogens (tertiary/aromatic N) is 1. The third-order valence-corrected chi connectivity index (χ3v) is 1.48. The van der Waals surface area contributed by atoms with Crippen molar-refractivity contribution in [2.45, 2.75) is 6.92 Å². The topological polar surface area (TPSA) is 59.4 Å². The molecule has 0 spiro atoms. The lowest BCUT2D eigenvalue weighted by Crippen LogP contribution is -1.95. The first-order valence-electron chi connectivity index (χ1n) is 3.90. The SMILES string of the molecule is COC(=O)C#Cc1nc(C)ccc1O. The summed E-state index contributed by atoms with van der Waals surface area (Å²) in [7, 11) is 1.24. The van der Waals surface area contributed by atoms with Crippen LogP contribution in [0.2, 0.25) is 0 Å². The van der Waals surface area contributed by atoms with Gasteiger partial charge in [-0.05, 0) is 25.0 Å². The average molecular weight is 191 g/mol. The van der Waals surface area contributed by atoms with Gasteiger partial charge in [0.05, 0.1) is 7.11 Å². The number of ether oxygens (including phenoxy) is 1. The van der Waals surface area contributed by atoms with Crippen molar-refractivity contribution in [3.8, 4) is 17.6 Å². The molecule has 1 aromatic heterocycles. The second-order valence-electron chi connectivity index (χ2n) is 2.56. The largest absolute Gasteiger partial charge is 0.505 e. The maximum atomic E-state index is 10.7. The zero-order valence-corrected chi connectivity index (χ0v) is 7.87. The van der Waals surface area contributed by atoms with E-state index in [1.165, 1.54) is 13.2 Å². The van der Waals surface area contributed by atoms with E-state index in [2.05, 4.69) is 21.6 Å². The van der Waals surface area contributed by atoms with Crippen molar-refractivity contribution in [2.75, 3.05) is 7.11 Å². The van der Waals surface area contributed by atoms with Gasteiger partial charge in [-0.3, -0.25) is 0 Å². The predicted molar refractivity (Wildman–Crippen MR) is 49.5 cm³/mol. The number of methoxy groups -OCH3 is 1. The van der Waals surface area contributed by atoms with Crippen LogP contribution >= 0.6 is 0 Å². The molecular weight excluding hydrogens is 182 g/mol. The number of hydrogen-bond donors (Lipinski definition) is 1. The fourth-order valence-electron chi connectivity index (χ4n) is 0.803. The number of carbonyl (C=O) groups excluding carboxylic acids is 1. The number of rotatable bonds is 0. The number of aromatic hydroxyl groups is 1. The van der Waals surface area contributed by atoms with Crippen molar-refractivity contribution in [2.24, 2.45) is 0 Å². The zero-order valence-electron chi connectivity index (χ0n) is 7.87. The normalized spacial score (nSPS) is 8.71. The van der Waals surface area contributed by atoms with Gasteiger partial charge in [-0.1, -0.05) is 0 Å². The standard InChI is InChI=1S/C10H9NO3/c1-7-3-5-9(12)8(11-7)4-6-10(13)14-2/h3,5,12H,1-2H3. The Morgan fingerprint density at radius 1 is 1.57 bits per heavy atom. The molecule has 72 valence electrons. The summed E-state index contributed by atoms with van der Waals surface area (Å²) in [5.41, 5.74) is 0.896. The van der Waals surface area contributed by atoms with Crippen molar-refractivity contribution < 1.29 is 14.6 Å². The molecule has 1 heterocycles. The molecule has 4 heteroatoms. The predicted octanol–water partition coefficient (Wildman–Crippen LogP) is 0.620. The highest BCUT2D eigenvalue weighted by Gasteiger charge is 1.99. The third-order valence-electron chi connectivity index (χ3n) is 1.48. The van der Waals surface area contributed by atoms with Crippen LogP contribution in [-0.4, -0.2) is 23.2 Å². The summed E-state index contributed by atoms with van der Waals surface area (Å²) in [6.07, 6.45) is 0. The lowest BCUT2D eigenvalue weighted by Gasteiger charge is -1.96. The molecule has 0 unspecified atom stereocenters. The van der Waals surface area contributed by atoms with Crippen LogP contribution in [-0.2, 0) is 9.53 Å². The number of aromatic nitrogens is 1. The monoisotopic (exact) mass is 191 g/mol. The second kappa shape index (κ2) is 4.28. The Bertz CT molecular complexity index is 415. The molecule has 0 aromatic carbocycles. The summed E-state index contributed by atoms with van der Waals surface area (Å²) in [6, 6.07) is 3.13. The minimum absolute atomic E-state index is 0.0491. The van der Waals surface area contributed by atoms with Crippen LogP contribution in [0.4, 0.5) is 0 Å². The summed E-state index contributed by atoms with van der Waals surface area (Å²) >= 11 is 0. The molecule has 0 bridgehead atoms. The lowest BCUT2D eigenvalue weighted by atomic mass is 10.3.